The number of nitriles is 1. The van der Waals surface area contributed by atoms with Gasteiger partial charge in [0.25, 0.3) is 5.56 Å². The summed E-state index contributed by atoms with van der Waals surface area (Å²) in [6.45, 7) is -0.222. The van der Waals surface area contributed by atoms with Gasteiger partial charge in [0.15, 0.2) is 0 Å². The molecule has 0 spiro atoms. The predicted octanol–water partition coefficient (Wildman–Crippen LogP) is 2.61. The molecule has 0 bridgehead atoms. The van der Waals surface area contributed by atoms with Gasteiger partial charge in [0.1, 0.15) is 12.4 Å². The maximum atomic E-state index is 12.7. The van der Waals surface area contributed by atoms with Gasteiger partial charge in [-0.3, -0.25) is 14.2 Å². The number of benzene rings is 2. The van der Waals surface area contributed by atoms with Crippen LogP contribution in [0.1, 0.15) is 17.0 Å². The smallest absolute Gasteiger partial charge is 0.325 e. The first-order valence-electron chi connectivity index (χ1n) is 7.87. The molecule has 0 aliphatic carbocycles. The number of rotatable bonds is 4. The lowest BCUT2D eigenvalue weighted by atomic mass is 10.1. The van der Waals surface area contributed by atoms with Crippen LogP contribution in [0.15, 0.2) is 53.3 Å². The molecule has 1 aromatic heterocycles. The number of esters is 1. The molecule has 0 unspecified atom stereocenters. The van der Waals surface area contributed by atoms with Crippen LogP contribution in [0.4, 0.5) is 0 Å². The zero-order chi connectivity index (χ0) is 18.5. The standard InChI is InChI=1S/C20H15N3O3/c1-26-19(24)13-23-18(11-10-14-6-8-15(12-21)9-7-14)22-17-5-3-2-4-16(17)20(23)25/h2-11H,13H2,1H3/b11-10+. The molecule has 2 aromatic carbocycles. The van der Waals surface area contributed by atoms with E-state index in [1.807, 2.05) is 0 Å². The predicted molar refractivity (Wildman–Crippen MR) is 98.1 cm³/mol. The van der Waals surface area contributed by atoms with Crippen molar-refractivity contribution in [3.8, 4) is 6.07 Å². The summed E-state index contributed by atoms with van der Waals surface area (Å²) < 4.78 is 5.97. The van der Waals surface area contributed by atoms with Crippen molar-refractivity contribution >= 4 is 29.0 Å². The van der Waals surface area contributed by atoms with E-state index in [-0.39, 0.29) is 12.1 Å². The third kappa shape index (κ3) is 3.52. The minimum atomic E-state index is -0.530. The number of carbonyl (C=O) groups is 1. The minimum Gasteiger partial charge on any atom is -0.468 e. The largest absolute Gasteiger partial charge is 0.468 e. The second kappa shape index (κ2) is 7.45. The van der Waals surface area contributed by atoms with Crippen LogP contribution in [-0.4, -0.2) is 22.6 Å². The van der Waals surface area contributed by atoms with E-state index in [9.17, 15) is 9.59 Å². The molecule has 0 fully saturated rings. The van der Waals surface area contributed by atoms with E-state index in [1.165, 1.54) is 11.7 Å². The average molecular weight is 345 g/mol. The highest BCUT2D eigenvalue weighted by atomic mass is 16.5. The van der Waals surface area contributed by atoms with E-state index >= 15 is 0 Å². The number of carbonyl (C=O) groups excluding carboxylic acids is 1. The van der Waals surface area contributed by atoms with Gasteiger partial charge in [-0.05, 0) is 35.9 Å². The Bertz CT molecular complexity index is 1090. The highest BCUT2D eigenvalue weighted by Crippen LogP contribution is 2.12. The zero-order valence-corrected chi connectivity index (χ0v) is 14.0. The summed E-state index contributed by atoms with van der Waals surface area (Å²) in [5.41, 5.74) is 1.66. The van der Waals surface area contributed by atoms with Gasteiger partial charge in [-0.15, -0.1) is 0 Å². The van der Waals surface area contributed by atoms with Gasteiger partial charge in [0.2, 0.25) is 0 Å². The molecule has 3 aromatic rings. The SMILES string of the molecule is COC(=O)Cn1c(/C=C/c2ccc(C#N)cc2)nc2ccccc2c1=O. The van der Waals surface area contributed by atoms with Crippen LogP contribution in [0, 0.1) is 11.3 Å². The molecule has 0 N–H and O–H groups in total. The molecule has 0 radical (unpaired) electrons. The topological polar surface area (TPSA) is 85.0 Å². The van der Waals surface area contributed by atoms with Crippen molar-refractivity contribution in [2.24, 2.45) is 0 Å². The lowest BCUT2D eigenvalue weighted by molar-refractivity contribution is -0.141. The Kier molecular flexibility index (Phi) is 4.90. The molecular formula is C20H15N3O3. The van der Waals surface area contributed by atoms with Gasteiger partial charge in [-0.2, -0.15) is 5.26 Å². The number of nitrogens with zero attached hydrogens (tertiary/aromatic N) is 3. The Morgan fingerprint density at radius 3 is 2.62 bits per heavy atom. The molecule has 128 valence electrons. The first-order valence-corrected chi connectivity index (χ1v) is 7.87. The lowest BCUT2D eigenvalue weighted by Crippen LogP contribution is -2.28. The van der Waals surface area contributed by atoms with Crippen LogP contribution in [0.25, 0.3) is 23.1 Å². The molecule has 0 aliphatic rings. The maximum absolute atomic E-state index is 12.7. The van der Waals surface area contributed by atoms with E-state index < -0.39 is 5.97 Å². The molecule has 0 saturated heterocycles. The van der Waals surface area contributed by atoms with Gasteiger partial charge in [-0.1, -0.05) is 30.3 Å². The molecular weight excluding hydrogens is 330 g/mol. The van der Waals surface area contributed by atoms with Crippen molar-refractivity contribution in [3.05, 3.63) is 75.8 Å². The number of methoxy groups -OCH3 is 1. The van der Waals surface area contributed by atoms with E-state index in [4.69, 9.17) is 5.26 Å². The first kappa shape index (κ1) is 17.1. The Morgan fingerprint density at radius 1 is 1.19 bits per heavy atom. The van der Waals surface area contributed by atoms with E-state index in [0.29, 0.717) is 22.3 Å². The van der Waals surface area contributed by atoms with Crippen LogP contribution in [0.3, 0.4) is 0 Å². The third-order valence-corrected chi connectivity index (χ3v) is 3.87. The van der Waals surface area contributed by atoms with E-state index in [0.717, 1.165) is 5.56 Å². The first-order chi connectivity index (χ1) is 12.6. The molecule has 6 heteroatoms. The zero-order valence-electron chi connectivity index (χ0n) is 14.0. The summed E-state index contributed by atoms with van der Waals surface area (Å²) in [7, 11) is 1.27. The van der Waals surface area contributed by atoms with Crippen LogP contribution < -0.4 is 5.56 Å². The summed E-state index contributed by atoms with van der Waals surface area (Å²) in [6.07, 6.45) is 3.43. The van der Waals surface area contributed by atoms with Crippen LogP contribution in [0.5, 0.6) is 0 Å². The summed E-state index contributed by atoms with van der Waals surface area (Å²) in [4.78, 5) is 28.9. The third-order valence-electron chi connectivity index (χ3n) is 3.87. The summed E-state index contributed by atoms with van der Waals surface area (Å²) >= 11 is 0. The molecule has 3 rings (SSSR count). The lowest BCUT2D eigenvalue weighted by Gasteiger charge is -2.10. The molecule has 1 heterocycles. The highest BCUT2D eigenvalue weighted by molar-refractivity contribution is 5.80. The fourth-order valence-corrected chi connectivity index (χ4v) is 2.50. The molecule has 6 nitrogen and oxygen atoms in total. The fraction of sp³-hybridized carbons (Fsp3) is 0.100. The Hall–Kier alpha value is -3.72. The van der Waals surface area contributed by atoms with Crippen molar-refractivity contribution in [1.82, 2.24) is 9.55 Å². The summed E-state index contributed by atoms with van der Waals surface area (Å²) in [5, 5.41) is 9.29. The van der Waals surface area contributed by atoms with Crippen molar-refractivity contribution in [2.75, 3.05) is 7.11 Å². The molecule has 26 heavy (non-hydrogen) atoms. The van der Waals surface area contributed by atoms with Crippen molar-refractivity contribution < 1.29 is 9.53 Å². The van der Waals surface area contributed by atoms with Crippen LogP contribution in [-0.2, 0) is 16.1 Å². The van der Waals surface area contributed by atoms with Crippen molar-refractivity contribution in [1.29, 1.82) is 5.26 Å². The van der Waals surface area contributed by atoms with Gasteiger partial charge >= 0.3 is 5.97 Å². The van der Waals surface area contributed by atoms with Crippen LogP contribution in [0.2, 0.25) is 0 Å². The van der Waals surface area contributed by atoms with E-state index in [1.54, 1.807) is 60.7 Å². The average Bonchev–Trinajstić information content (AvgIpc) is 2.69. The maximum Gasteiger partial charge on any atom is 0.325 e. The van der Waals surface area contributed by atoms with Gasteiger partial charge in [-0.25, -0.2) is 4.98 Å². The summed E-state index contributed by atoms with van der Waals surface area (Å²) in [5.74, 6) is -0.180. The highest BCUT2D eigenvalue weighted by Gasteiger charge is 2.12. The summed E-state index contributed by atoms with van der Waals surface area (Å²) in [6, 6.07) is 16.0. The second-order valence-electron chi connectivity index (χ2n) is 5.52. The second-order valence-corrected chi connectivity index (χ2v) is 5.52. The van der Waals surface area contributed by atoms with Crippen molar-refractivity contribution in [2.45, 2.75) is 6.54 Å². The molecule has 0 aliphatic heterocycles. The monoisotopic (exact) mass is 345 g/mol. The Morgan fingerprint density at radius 2 is 1.92 bits per heavy atom. The normalized spacial score (nSPS) is 10.8. The molecule has 0 atom stereocenters. The van der Waals surface area contributed by atoms with Gasteiger partial charge < -0.3 is 4.74 Å². The number of ether oxygens (including phenoxy) is 1. The number of hydrogen-bond acceptors (Lipinski definition) is 5. The Labute approximate surface area is 149 Å². The fourth-order valence-electron chi connectivity index (χ4n) is 2.50. The van der Waals surface area contributed by atoms with E-state index in [2.05, 4.69) is 15.8 Å². The number of aromatic nitrogens is 2. The van der Waals surface area contributed by atoms with Crippen molar-refractivity contribution in [3.63, 3.8) is 0 Å². The van der Waals surface area contributed by atoms with Gasteiger partial charge in [0.05, 0.1) is 29.6 Å². The van der Waals surface area contributed by atoms with Crippen LogP contribution >= 0.6 is 0 Å². The molecule has 0 saturated carbocycles. The van der Waals surface area contributed by atoms with Gasteiger partial charge in [0, 0.05) is 0 Å². The number of fused-ring (bicyclic) bond motifs is 1. The quantitative estimate of drug-likeness (QED) is 0.679. The Balaban J connectivity index is 2.08. The minimum absolute atomic E-state index is 0.222. The number of para-hydroxylation sites is 1. The molecule has 0 amide bonds. The number of hydrogen-bond donors (Lipinski definition) is 0.